The van der Waals surface area contributed by atoms with E-state index in [0.717, 1.165) is 12.8 Å². The molecule has 0 saturated heterocycles. The van der Waals surface area contributed by atoms with E-state index in [1.165, 1.54) is 5.56 Å². The van der Waals surface area contributed by atoms with Gasteiger partial charge in [0.25, 0.3) is 0 Å². The van der Waals surface area contributed by atoms with Gasteiger partial charge in [0.1, 0.15) is 0 Å². The van der Waals surface area contributed by atoms with Gasteiger partial charge in [-0.15, -0.1) is 5.73 Å². The highest BCUT2D eigenvalue weighted by molar-refractivity contribution is 5.15. The summed E-state index contributed by atoms with van der Waals surface area (Å²) in [5, 5.41) is 0. The molecular formula is C14H16. The summed E-state index contributed by atoms with van der Waals surface area (Å²) in [4.78, 5) is 0. The Labute approximate surface area is 86.3 Å². The van der Waals surface area contributed by atoms with E-state index in [4.69, 9.17) is 0 Å². The molecule has 1 aromatic rings. The first-order chi connectivity index (χ1) is 6.93. The molecule has 0 aromatic heterocycles. The maximum atomic E-state index is 3.12. The summed E-state index contributed by atoms with van der Waals surface area (Å²) in [5.74, 6) is 0. The molecule has 14 heavy (non-hydrogen) atoms. The Morgan fingerprint density at radius 2 is 2.00 bits per heavy atom. The lowest BCUT2D eigenvalue weighted by molar-refractivity contribution is 1.00. The van der Waals surface area contributed by atoms with Crippen molar-refractivity contribution < 1.29 is 0 Å². The molecular weight excluding hydrogens is 168 g/mol. The van der Waals surface area contributed by atoms with Crippen LogP contribution in [0.1, 0.15) is 18.9 Å². The molecule has 0 aliphatic rings. The molecule has 0 unspecified atom stereocenters. The van der Waals surface area contributed by atoms with E-state index in [1.807, 2.05) is 31.2 Å². The Bertz CT molecular complexity index is 324. The molecule has 1 rings (SSSR count). The molecule has 0 fully saturated rings. The van der Waals surface area contributed by atoms with E-state index < -0.39 is 0 Å². The SMILES string of the molecule is C/C=C/C=C=CCCc1ccccc1. The van der Waals surface area contributed by atoms with Gasteiger partial charge in [0, 0.05) is 0 Å². The second kappa shape index (κ2) is 6.94. The Morgan fingerprint density at radius 3 is 2.71 bits per heavy atom. The van der Waals surface area contributed by atoms with Crippen LogP contribution in [0.3, 0.4) is 0 Å². The highest BCUT2D eigenvalue weighted by Crippen LogP contribution is 2.02. The Kier molecular flexibility index (Phi) is 5.23. The number of hydrogen-bond donors (Lipinski definition) is 0. The highest BCUT2D eigenvalue weighted by atomic mass is 13.9. The molecule has 0 amide bonds. The third-order valence-corrected chi connectivity index (χ3v) is 1.92. The fourth-order valence-corrected chi connectivity index (χ4v) is 1.19. The van der Waals surface area contributed by atoms with Crippen molar-refractivity contribution in [3.05, 3.63) is 65.9 Å². The monoisotopic (exact) mass is 184 g/mol. The lowest BCUT2D eigenvalue weighted by Gasteiger charge is -1.94. The van der Waals surface area contributed by atoms with Crippen molar-refractivity contribution >= 4 is 0 Å². The van der Waals surface area contributed by atoms with Gasteiger partial charge in [-0.05, 0) is 37.5 Å². The van der Waals surface area contributed by atoms with Gasteiger partial charge in [-0.1, -0.05) is 42.5 Å². The number of rotatable bonds is 4. The summed E-state index contributed by atoms with van der Waals surface area (Å²) in [6.45, 7) is 2.00. The molecule has 0 aliphatic carbocycles. The summed E-state index contributed by atoms with van der Waals surface area (Å²) >= 11 is 0. The Morgan fingerprint density at radius 1 is 1.21 bits per heavy atom. The van der Waals surface area contributed by atoms with Crippen LogP contribution in [0, 0.1) is 0 Å². The van der Waals surface area contributed by atoms with Crippen LogP contribution < -0.4 is 0 Å². The number of benzene rings is 1. The fraction of sp³-hybridized carbons (Fsp3) is 0.214. The van der Waals surface area contributed by atoms with Crippen LogP contribution in [0.2, 0.25) is 0 Å². The molecule has 0 radical (unpaired) electrons. The lowest BCUT2D eigenvalue weighted by Crippen LogP contribution is -1.80. The van der Waals surface area contributed by atoms with E-state index in [2.05, 4.69) is 36.1 Å². The maximum absolute atomic E-state index is 3.12. The van der Waals surface area contributed by atoms with Gasteiger partial charge in [0.2, 0.25) is 0 Å². The Balaban J connectivity index is 2.32. The van der Waals surface area contributed by atoms with Crippen LogP contribution in [-0.2, 0) is 6.42 Å². The minimum absolute atomic E-state index is 1.05. The molecule has 0 heteroatoms. The minimum Gasteiger partial charge on any atom is -0.125 e. The first-order valence-electron chi connectivity index (χ1n) is 4.99. The minimum atomic E-state index is 1.05. The zero-order valence-electron chi connectivity index (χ0n) is 8.61. The van der Waals surface area contributed by atoms with Gasteiger partial charge >= 0.3 is 0 Å². The number of allylic oxidation sites excluding steroid dienone is 3. The smallest absolute Gasteiger partial charge is 0.0206 e. The summed E-state index contributed by atoms with van der Waals surface area (Å²) < 4.78 is 0. The second-order valence-electron chi connectivity index (χ2n) is 3.09. The van der Waals surface area contributed by atoms with Crippen LogP contribution in [-0.4, -0.2) is 0 Å². The average molecular weight is 184 g/mol. The first kappa shape index (κ1) is 10.6. The molecule has 0 atom stereocenters. The summed E-state index contributed by atoms with van der Waals surface area (Å²) in [6.07, 6.45) is 10.1. The standard InChI is InChI=1S/C14H16/c1-2-3-4-5-6-8-11-14-12-9-7-10-13-14/h2-4,6-7,9-10,12-13H,8,11H2,1H3/b3-2+. The predicted octanol–water partition coefficient (Wildman–Crippen LogP) is 3.91. The van der Waals surface area contributed by atoms with Crippen LogP contribution in [0.25, 0.3) is 0 Å². The van der Waals surface area contributed by atoms with Crippen molar-refractivity contribution in [2.45, 2.75) is 19.8 Å². The lowest BCUT2D eigenvalue weighted by atomic mass is 10.1. The number of hydrogen-bond acceptors (Lipinski definition) is 0. The quantitative estimate of drug-likeness (QED) is 0.491. The molecule has 0 N–H and O–H groups in total. The van der Waals surface area contributed by atoms with Crippen molar-refractivity contribution in [1.82, 2.24) is 0 Å². The van der Waals surface area contributed by atoms with Crippen LogP contribution >= 0.6 is 0 Å². The highest BCUT2D eigenvalue weighted by Gasteiger charge is 1.86. The van der Waals surface area contributed by atoms with E-state index in [9.17, 15) is 0 Å². The van der Waals surface area contributed by atoms with Gasteiger partial charge in [0.05, 0.1) is 0 Å². The van der Waals surface area contributed by atoms with E-state index >= 15 is 0 Å². The molecule has 72 valence electrons. The zero-order chi connectivity index (χ0) is 10.1. The molecule has 0 bridgehead atoms. The largest absolute Gasteiger partial charge is 0.125 e. The van der Waals surface area contributed by atoms with Crippen LogP contribution in [0.15, 0.2) is 60.4 Å². The summed E-state index contributed by atoms with van der Waals surface area (Å²) in [5.41, 5.74) is 4.51. The van der Waals surface area contributed by atoms with Gasteiger partial charge in [-0.25, -0.2) is 0 Å². The average Bonchev–Trinajstić information content (AvgIpc) is 2.25. The van der Waals surface area contributed by atoms with E-state index in [-0.39, 0.29) is 0 Å². The number of aryl methyl sites for hydroxylation is 1. The van der Waals surface area contributed by atoms with Crippen molar-refractivity contribution in [2.75, 3.05) is 0 Å². The molecule has 0 aliphatic heterocycles. The van der Waals surface area contributed by atoms with E-state index in [0.29, 0.717) is 0 Å². The second-order valence-corrected chi connectivity index (χ2v) is 3.09. The first-order valence-corrected chi connectivity index (χ1v) is 4.99. The normalized spacial score (nSPS) is 9.79. The van der Waals surface area contributed by atoms with Crippen molar-refractivity contribution in [3.8, 4) is 0 Å². The fourth-order valence-electron chi connectivity index (χ4n) is 1.19. The Hall–Kier alpha value is -1.52. The third kappa shape index (κ3) is 4.49. The molecule has 1 aromatic carbocycles. The van der Waals surface area contributed by atoms with Crippen LogP contribution in [0.5, 0.6) is 0 Å². The third-order valence-electron chi connectivity index (χ3n) is 1.92. The van der Waals surface area contributed by atoms with Gasteiger partial charge in [0.15, 0.2) is 0 Å². The summed E-state index contributed by atoms with van der Waals surface area (Å²) in [6, 6.07) is 10.5. The predicted molar refractivity (Wildman–Crippen MR) is 62.2 cm³/mol. The van der Waals surface area contributed by atoms with Gasteiger partial charge in [-0.3, -0.25) is 0 Å². The zero-order valence-corrected chi connectivity index (χ0v) is 8.61. The summed E-state index contributed by atoms with van der Waals surface area (Å²) in [7, 11) is 0. The van der Waals surface area contributed by atoms with Crippen molar-refractivity contribution in [2.24, 2.45) is 0 Å². The van der Waals surface area contributed by atoms with Gasteiger partial charge in [-0.2, -0.15) is 0 Å². The molecule has 0 spiro atoms. The molecule has 0 heterocycles. The van der Waals surface area contributed by atoms with Crippen molar-refractivity contribution in [1.29, 1.82) is 0 Å². The topological polar surface area (TPSA) is 0 Å². The van der Waals surface area contributed by atoms with Gasteiger partial charge < -0.3 is 0 Å². The molecule has 0 nitrogen and oxygen atoms in total. The molecule has 0 saturated carbocycles. The van der Waals surface area contributed by atoms with E-state index in [1.54, 1.807) is 0 Å². The van der Waals surface area contributed by atoms with Crippen molar-refractivity contribution in [3.63, 3.8) is 0 Å². The van der Waals surface area contributed by atoms with Crippen LogP contribution in [0.4, 0.5) is 0 Å². The maximum Gasteiger partial charge on any atom is -0.0206 e.